The molecule has 1 aromatic heterocycles. The van der Waals surface area contributed by atoms with Gasteiger partial charge in [0.05, 0.1) is 5.56 Å². The van der Waals surface area contributed by atoms with Gasteiger partial charge in [-0.3, -0.25) is 4.79 Å². The van der Waals surface area contributed by atoms with Crippen molar-refractivity contribution < 1.29 is 4.79 Å². The van der Waals surface area contributed by atoms with Crippen LogP contribution < -0.4 is 10.2 Å². The fourth-order valence-corrected chi connectivity index (χ4v) is 3.08. The lowest BCUT2D eigenvalue weighted by atomic mass is 10.2. The second-order valence-electron chi connectivity index (χ2n) is 6.74. The number of unbranched alkanes of at least 4 members (excludes halogenated alkanes) is 1. The molecule has 26 heavy (non-hydrogen) atoms. The molecule has 0 spiro atoms. The molecule has 0 saturated carbocycles. The van der Waals surface area contributed by atoms with Crippen molar-refractivity contribution in [2.24, 2.45) is 0 Å². The van der Waals surface area contributed by atoms with Crippen LogP contribution in [0.5, 0.6) is 0 Å². The molecule has 2 aromatic rings. The molecule has 3 rings (SSSR count). The number of nitrogens with one attached hydrogen (secondary N) is 1. The summed E-state index contributed by atoms with van der Waals surface area (Å²) in [5.74, 6) is 0.451. The third kappa shape index (κ3) is 4.50. The number of benzene rings is 1. The molecule has 0 atom stereocenters. The highest BCUT2D eigenvalue weighted by Crippen LogP contribution is 2.23. The molecular formula is C20H27N5O. The average molecular weight is 353 g/mol. The SMILES string of the molecule is CCCCN(C)C(=O)c1cnc(Nc2ccc(N3CCCC3)cc2)nc1. The van der Waals surface area contributed by atoms with Crippen LogP contribution in [0.3, 0.4) is 0 Å². The van der Waals surface area contributed by atoms with E-state index in [0.717, 1.165) is 38.2 Å². The van der Waals surface area contributed by atoms with Gasteiger partial charge in [-0.2, -0.15) is 0 Å². The first-order valence-corrected chi connectivity index (χ1v) is 9.37. The van der Waals surface area contributed by atoms with Crippen molar-refractivity contribution in [1.82, 2.24) is 14.9 Å². The van der Waals surface area contributed by atoms with E-state index in [4.69, 9.17) is 0 Å². The van der Waals surface area contributed by atoms with Gasteiger partial charge >= 0.3 is 0 Å². The highest BCUT2D eigenvalue weighted by atomic mass is 16.2. The summed E-state index contributed by atoms with van der Waals surface area (Å²) in [6.07, 6.45) is 7.76. The van der Waals surface area contributed by atoms with E-state index in [2.05, 4.69) is 39.2 Å². The average Bonchev–Trinajstić information content (AvgIpc) is 3.21. The van der Waals surface area contributed by atoms with Gasteiger partial charge in [0.2, 0.25) is 5.95 Å². The summed E-state index contributed by atoms with van der Waals surface area (Å²) in [5.41, 5.74) is 2.70. The van der Waals surface area contributed by atoms with Crippen molar-refractivity contribution in [3.05, 3.63) is 42.2 Å². The summed E-state index contributed by atoms with van der Waals surface area (Å²) in [6.45, 7) is 5.13. The number of anilines is 3. The number of nitrogens with zero attached hydrogens (tertiary/aromatic N) is 4. The number of carbonyl (C=O) groups excluding carboxylic acids is 1. The van der Waals surface area contributed by atoms with Gasteiger partial charge in [0, 0.05) is 50.5 Å². The minimum Gasteiger partial charge on any atom is -0.372 e. The van der Waals surface area contributed by atoms with Gasteiger partial charge in [0.15, 0.2) is 0 Å². The van der Waals surface area contributed by atoms with Crippen molar-refractivity contribution >= 4 is 23.2 Å². The van der Waals surface area contributed by atoms with Gasteiger partial charge in [-0.05, 0) is 43.5 Å². The van der Waals surface area contributed by atoms with Gasteiger partial charge < -0.3 is 15.1 Å². The molecule has 1 aromatic carbocycles. The quantitative estimate of drug-likeness (QED) is 0.822. The Balaban J connectivity index is 1.59. The molecule has 1 amide bonds. The number of rotatable bonds is 7. The Morgan fingerprint density at radius 2 is 1.81 bits per heavy atom. The molecule has 1 saturated heterocycles. The van der Waals surface area contributed by atoms with E-state index in [1.807, 2.05) is 19.2 Å². The maximum absolute atomic E-state index is 12.3. The molecule has 2 heterocycles. The van der Waals surface area contributed by atoms with Crippen LogP contribution in [0.15, 0.2) is 36.7 Å². The van der Waals surface area contributed by atoms with Crippen LogP contribution in [-0.4, -0.2) is 47.5 Å². The van der Waals surface area contributed by atoms with E-state index in [1.54, 1.807) is 17.3 Å². The van der Waals surface area contributed by atoms with Crippen molar-refractivity contribution in [2.45, 2.75) is 32.6 Å². The molecule has 1 aliphatic heterocycles. The number of hydrogen-bond acceptors (Lipinski definition) is 5. The summed E-state index contributed by atoms with van der Waals surface area (Å²) >= 11 is 0. The van der Waals surface area contributed by atoms with Gasteiger partial charge in [0.1, 0.15) is 0 Å². The first-order chi connectivity index (χ1) is 12.7. The first kappa shape index (κ1) is 18.2. The maximum Gasteiger partial charge on any atom is 0.256 e. The van der Waals surface area contributed by atoms with Crippen LogP contribution in [0.1, 0.15) is 43.0 Å². The zero-order chi connectivity index (χ0) is 18.4. The van der Waals surface area contributed by atoms with Crippen LogP contribution in [0.25, 0.3) is 0 Å². The van der Waals surface area contributed by atoms with E-state index in [1.165, 1.54) is 18.5 Å². The lowest BCUT2D eigenvalue weighted by Crippen LogP contribution is -2.27. The number of hydrogen-bond donors (Lipinski definition) is 1. The highest BCUT2D eigenvalue weighted by molar-refractivity contribution is 5.93. The zero-order valence-electron chi connectivity index (χ0n) is 15.6. The summed E-state index contributed by atoms with van der Waals surface area (Å²) in [4.78, 5) is 25.0. The third-order valence-electron chi connectivity index (χ3n) is 4.69. The number of aromatic nitrogens is 2. The van der Waals surface area contributed by atoms with Gasteiger partial charge in [-0.25, -0.2) is 9.97 Å². The molecule has 0 bridgehead atoms. The standard InChI is InChI=1S/C20H27N5O/c1-3-4-11-24(2)19(26)16-14-21-20(22-15-16)23-17-7-9-18(10-8-17)25-12-5-6-13-25/h7-10,14-15H,3-6,11-13H2,1-2H3,(H,21,22,23). The molecule has 0 radical (unpaired) electrons. The van der Waals surface area contributed by atoms with Crippen LogP contribution in [-0.2, 0) is 0 Å². The Labute approximate surface area is 155 Å². The minimum absolute atomic E-state index is 0.0417. The van der Waals surface area contributed by atoms with E-state index in [0.29, 0.717) is 11.5 Å². The second-order valence-corrected chi connectivity index (χ2v) is 6.74. The van der Waals surface area contributed by atoms with Crippen molar-refractivity contribution in [2.75, 3.05) is 36.9 Å². The predicted octanol–water partition coefficient (Wildman–Crippen LogP) is 3.69. The van der Waals surface area contributed by atoms with E-state index < -0.39 is 0 Å². The third-order valence-corrected chi connectivity index (χ3v) is 4.69. The normalized spacial score (nSPS) is 13.7. The predicted molar refractivity (Wildman–Crippen MR) is 105 cm³/mol. The summed E-state index contributed by atoms with van der Waals surface area (Å²) in [5, 5.41) is 3.19. The first-order valence-electron chi connectivity index (χ1n) is 9.37. The maximum atomic E-state index is 12.3. The zero-order valence-corrected chi connectivity index (χ0v) is 15.6. The van der Waals surface area contributed by atoms with Gasteiger partial charge in [0.25, 0.3) is 5.91 Å². The smallest absolute Gasteiger partial charge is 0.256 e. The fourth-order valence-electron chi connectivity index (χ4n) is 3.08. The molecule has 138 valence electrons. The Morgan fingerprint density at radius 1 is 1.15 bits per heavy atom. The topological polar surface area (TPSA) is 61.4 Å². The molecule has 0 aliphatic carbocycles. The van der Waals surface area contributed by atoms with Crippen molar-refractivity contribution in [3.63, 3.8) is 0 Å². The van der Waals surface area contributed by atoms with Crippen LogP contribution >= 0.6 is 0 Å². The molecule has 6 nitrogen and oxygen atoms in total. The molecule has 1 N–H and O–H groups in total. The Bertz CT molecular complexity index is 708. The Hall–Kier alpha value is -2.63. The van der Waals surface area contributed by atoms with Crippen LogP contribution in [0, 0.1) is 0 Å². The molecule has 6 heteroatoms. The number of carbonyl (C=O) groups is 1. The van der Waals surface area contributed by atoms with Gasteiger partial charge in [-0.15, -0.1) is 0 Å². The molecule has 1 fully saturated rings. The van der Waals surface area contributed by atoms with Crippen LogP contribution in [0.4, 0.5) is 17.3 Å². The molecule has 0 unspecified atom stereocenters. The largest absolute Gasteiger partial charge is 0.372 e. The second kappa shape index (κ2) is 8.65. The molecule has 1 aliphatic rings. The lowest BCUT2D eigenvalue weighted by Gasteiger charge is -2.18. The highest BCUT2D eigenvalue weighted by Gasteiger charge is 2.13. The van der Waals surface area contributed by atoms with Crippen molar-refractivity contribution in [1.29, 1.82) is 0 Å². The fraction of sp³-hybridized carbons (Fsp3) is 0.450. The summed E-state index contributed by atoms with van der Waals surface area (Å²) in [6, 6.07) is 8.31. The Morgan fingerprint density at radius 3 is 2.42 bits per heavy atom. The molecular weight excluding hydrogens is 326 g/mol. The van der Waals surface area contributed by atoms with E-state index in [9.17, 15) is 4.79 Å². The minimum atomic E-state index is -0.0417. The van der Waals surface area contributed by atoms with E-state index >= 15 is 0 Å². The Kier molecular flexibility index (Phi) is 6.04. The van der Waals surface area contributed by atoms with Crippen LogP contribution in [0.2, 0.25) is 0 Å². The number of amides is 1. The van der Waals surface area contributed by atoms with E-state index in [-0.39, 0.29) is 5.91 Å². The summed E-state index contributed by atoms with van der Waals surface area (Å²) < 4.78 is 0. The lowest BCUT2D eigenvalue weighted by molar-refractivity contribution is 0.0792. The monoisotopic (exact) mass is 353 g/mol. The van der Waals surface area contributed by atoms with Crippen molar-refractivity contribution in [3.8, 4) is 0 Å². The van der Waals surface area contributed by atoms with Gasteiger partial charge in [-0.1, -0.05) is 13.3 Å². The summed E-state index contributed by atoms with van der Waals surface area (Å²) in [7, 11) is 1.81.